The van der Waals surface area contributed by atoms with Gasteiger partial charge in [0.05, 0.1) is 12.0 Å². The van der Waals surface area contributed by atoms with Gasteiger partial charge in [-0.05, 0) is 85.0 Å². The van der Waals surface area contributed by atoms with E-state index in [1.807, 2.05) is 18.2 Å². The highest BCUT2D eigenvalue weighted by molar-refractivity contribution is 7.92. The van der Waals surface area contributed by atoms with Crippen LogP contribution in [0.1, 0.15) is 27.9 Å². The van der Waals surface area contributed by atoms with Gasteiger partial charge in [0, 0.05) is 16.9 Å². The number of ether oxygens (including phenoxy) is 1. The molecule has 1 aliphatic rings. The van der Waals surface area contributed by atoms with E-state index >= 15 is 0 Å². The SMILES string of the molecule is COc1ccc(NS(=O)(=O)c2cccc(NC(=O)c3ccc4c(c3)CCC4)c2)cc1. The number of methoxy groups -OCH3 is 1. The number of anilines is 2. The van der Waals surface area contributed by atoms with Crippen LogP contribution in [0.25, 0.3) is 0 Å². The maximum atomic E-state index is 12.7. The molecule has 0 fully saturated rings. The topological polar surface area (TPSA) is 84.5 Å². The maximum Gasteiger partial charge on any atom is 0.261 e. The fourth-order valence-corrected chi connectivity index (χ4v) is 4.63. The van der Waals surface area contributed by atoms with Gasteiger partial charge in [0.2, 0.25) is 0 Å². The number of fused-ring (bicyclic) bond motifs is 1. The predicted octanol–water partition coefficient (Wildman–Crippen LogP) is 4.24. The van der Waals surface area contributed by atoms with Crippen molar-refractivity contribution >= 4 is 27.3 Å². The third-order valence-electron chi connectivity index (χ3n) is 5.11. The molecule has 0 heterocycles. The Morgan fingerprint density at radius 1 is 0.900 bits per heavy atom. The first-order valence-corrected chi connectivity index (χ1v) is 11.1. The molecule has 3 aromatic rings. The average molecular weight is 423 g/mol. The third-order valence-corrected chi connectivity index (χ3v) is 6.48. The van der Waals surface area contributed by atoms with Crippen LogP contribution in [-0.4, -0.2) is 21.4 Å². The summed E-state index contributed by atoms with van der Waals surface area (Å²) in [5, 5.41) is 2.79. The monoisotopic (exact) mass is 422 g/mol. The van der Waals surface area contributed by atoms with Gasteiger partial charge >= 0.3 is 0 Å². The predicted molar refractivity (Wildman–Crippen MR) is 117 cm³/mol. The van der Waals surface area contributed by atoms with Crippen LogP contribution in [0.2, 0.25) is 0 Å². The molecule has 0 radical (unpaired) electrons. The number of hydrogen-bond acceptors (Lipinski definition) is 4. The van der Waals surface area contributed by atoms with Crippen LogP contribution in [-0.2, 0) is 22.9 Å². The molecular weight excluding hydrogens is 400 g/mol. The zero-order valence-corrected chi connectivity index (χ0v) is 17.3. The normalized spacial score (nSPS) is 12.8. The molecule has 0 aliphatic heterocycles. The molecule has 1 amide bonds. The fourth-order valence-electron chi connectivity index (χ4n) is 3.53. The van der Waals surface area contributed by atoms with Gasteiger partial charge in [0.15, 0.2) is 0 Å². The van der Waals surface area contributed by atoms with Crippen LogP contribution in [0.15, 0.2) is 71.6 Å². The molecule has 0 bridgehead atoms. The van der Waals surface area contributed by atoms with Crippen LogP contribution in [0, 0.1) is 0 Å². The van der Waals surface area contributed by atoms with E-state index in [1.54, 1.807) is 43.5 Å². The van der Waals surface area contributed by atoms with Gasteiger partial charge in [-0.25, -0.2) is 8.42 Å². The number of carbonyl (C=O) groups is 1. The Bertz CT molecular complexity index is 1190. The first kappa shape index (κ1) is 20.0. The maximum absolute atomic E-state index is 12.7. The summed E-state index contributed by atoms with van der Waals surface area (Å²) >= 11 is 0. The van der Waals surface area contributed by atoms with Crippen LogP contribution in [0.4, 0.5) is 11.4 Å². The smallest absolute Gasteiger partial charge is 0.261 e. The Balaban J connectivity index is 1.50. The molecule has 30 heavy (non-hydrogen) atoms. The minimum absolute atomic E-state index is 0.0603. The molecule has 0 spiro atoms. The lowest BCUT2D eigenvalue weighted by Crippen LogP contribution is -2.15. The van der Waals surface area contributed by atoms with Crippen LogP contribution >= 0.6 is 0 Å². The fraction of sp³-hybridized carbons (Fsp3) is 0.174. The number of carbonyl (C=O) groups excluding carboxylic acids is 1. The van der Waals surface area contributed by atoms with Crippen molar-refractivity contribution in [1.82, 2.24) is 0 Å². The summed E-state index contributed by atoms with van der Waals surface area (Å²) in [5.41, 5.74) is 3.91. The van der Waals surface area contributed by atoms with Gasteiger partial charge in [-0.2, -0.15) is 0 Å². The van der Waals surface area contributed by atoms with E-state index in [1.165, 1.54) is 23.3 Å². The standard InChI is InChI=1S/C23H22N2O4S/c1-29-21-12-10-19(11-13-21)25-30(27,28)22-7-3-6-20(15-22)24-23(26)18-9-8-16-4-2-5-17(16)14-18/h3,6-15,25H,2,4-5H2,1H3,(H,24,26). The van der Waals surface area contributed by atoms with Crippen LogP contribution < -0.4 is 14.8 Å². The Labute approximate surface area is 176 Å². The Kier molecular flexibility index (Phi) is 5.46. The quantitative estimate of drug-likeness (QED) is 0.622. The van der Waals surface area contributed by atoms with Gasteiger partial charge in [-0.15, -0.1) is 0 Å². The number of nitrogens with one attached hydrogen (secondary N) is 2. The Morgan fingerprint density at radius 3 is 2.43 bits per heavy atom. The number of hydrogen-bond donors (Lipinski definition) is 2. The molecule has 6 nitrogen and oxygen atoms in total. The van der Waals surface area contributed by atoms with E-state index in [4.69, 9.17) is 4.74 Å². The van der Waals surface area contributed by atoms with E-state index in [0.717, 1.165) is 19.3 Å². The van der Waals surface area contributed by atoms with E-state index in [9.17, 15) is 13.2 Å². The van der Waals surface area contributed by atoms with Crippen LogP contribution in [0.5, 0.6) is 5.75 Å². The minimum Gasteiger partial charge on any atom is -0.497 e. The van der Waals surface area contributed by atoms with Gasteiger partial charge < -0.3 is 10.1 Å². The van der Waals surface area contributed by atoms with Crippen molar-refractivity contribution < 1.29 is 17.9 Å². The average Bonchev–Trinajstić information content (AvgIpc) is 3.22. The number of benzene rings is 3. The molecule has 7 heteroatoms. The second kappa shape index (κ2) is 8.20. The van der Waals surface area contributed by atoms with Gasteiger partial charge in [0.1, 0.15) is 5.75 Å². The summed E-state index contributed by atoms with van der Waals surface area (Å²) < 4.78 is 33.1. The van der Waals surface area contributed by atoms with E-state index in [-0.39, 0.29) is 10.8 Å². The lowest BCUT2D eigenvalue weighted by molar-refractivity contribution is 0.102. The summed E-state index contributed by atoms with van der Waals surface area (Å²) in [4.78, 5) is 12.7. The molecule has 154 valence electrons. The highest BCUT2D eigenvalue weighted by atomic mass is 32.2. The van der Waals surface area contributed by atoms with E-state index in [0.29, 0.717) is 22.7 Å². The van der Waals surface area contributed by atoms with E-state index < -0.39 is 10.0 Å². The van der Waals surface area contributed by atoms with Crippen molar-refractivity contribution in [1.29, 1.82) is 0 Å². The molecule has 3 aromatic carbocycles. The highest BCUT2D eigenvalue weighted by Gasteiger charge is 2.17. The van der Waals surface area contributed by atoms with Crippen molar-refractivity contribution in [2.45, 2.75) is 24.2 Å². The van der Waals surface area contributed by atoms with Gasteiger partial charge in [0.25, 0.3) is 15.9 Å². The molecule has 0 saturated carbocycles. The number of rotatable bonds is 6. The third kappa shape index (κ3) is 4.31. The molecule has 0 atom stereocenters. The Morgan fingerprint density at radius 2 is 1.67 bits per heavy atom. The zero-order valence-electron chi connectivity index (χ0n) is 16.5. The minimum atomic E-state index is -3.81. The Hall–Kier alpha value is -3.32. The van der Waals surface area contributed by atoms with Gasteiger partial charge in [-0.1, -0.05) is 12.1 Å². The zero-order chi connectivity index (χ0) is 21.1. The molecular formula is C23H22N2O4S. The van der Waals surface area contributed by atoms with Crippen molar-refractivity contribution in [3.05, 3.63) is 83.4 Å². The first-order chi connectivity index (χ1) is 14.4. The van der Waals surface area contributed by atoms with Crippen molar-refractivity contribution in [3.8, 4) is 5.75 Å². The lowest BCUT2D eigenvalue weighted by Gasteiger charge is -2.11. The number of aryl methyl sites for hydroxylation is 2. The molecule has 0 unspecified atom stereocenters. The molecule has 0 saturated heterocycles. The largest absolute Gasteiger partial charge is 0.497 e. The number of amides is 1. The molecule has 0 aromatic heterocycles. The van der Waals surface area contributed by atoms with Crippen molar-refractivity contribution in [2.75, 3.05) is 17.1 Å². The van der Waals surface area contributed by atoms with Crippen LogP contribution in [0.3, 0.4) is 0 Å². The lowest BCUT2D eigenvalue weighted by atomic mass is 10.1. The van der Waals surface area contributed by atoms with Gasteiger partial charge in [-0.3, -0.25) is 9.52 Å². The summed E-state index contributed by atoms with van der Waals surface area (Å²) in [5.74, 6) is 0.372. The summed E-state index contributed by atoms with van der Waals surface area (Å²) in [6.07, 6.45) is 3.15. The van der Waals surface area contributed by atoms with E-state index in [2.05, 4.69) is 10.0 Å². The summed E-state index contributed by atoms with van der Waals surface area (Å²) in [7, 11) is -2.26. The molecule has 1 aliphatic carbocycles. The first-order valence-electron chi connectivity index (χ1n) is 9.65. The van der Waals surface area contributed by atoms with Crippen molar-refractivity contribution in [2.24, 2.45) is 0 Å². The second-order valence-corrected chi connectivity index (χ2v) is 8.84. The highest BCUT2D eigenvalue weighted by Crippen LogP contribution is 2.24. The van der Waals surface area contributed by atoms with Crippen molar-refractivity contribution in [3.63, 3.8) is 0 Å². The summed E-state index contributed by atoms with van der Waals surface area (Å²) in [6.45, 7) is 0. The molecule has 4 rings (SSSR count). The second-order valence-electron chi connectivity index (χ2n) is 7.15. The summed E-state index contributed by atoms with van der Waals surface area (Å²) in [6, 6.07) is 18.5. The number of sulfonamides is 1. The molecule has 2 N–H and O–H groups in total.